The van der Waals surface area contributed by atoms with Gasteiger partial charge in [0.2, 0.25) is 0 Å². The standard InChI is InChI=1S/C14H23FN2/c1-3-11(4-2)10-17-14(9-16)12-5-7-13(15)8-6-12/h5-8,11,14,17H,3-4,9-10,16H2,1-2H3. The van der Waals surface area contributed by atoms with Gasteiger partial charge in [0.25, 0.3) is 0 Å². The van der Waals surface area contributed by atoms with E-state index in [1.54, 1.807) is 12.1 Å². The molecular weight excluding hydrogens is 215 g/mol. The summed E-state index contributed by atoms with van der Waals surface area (Å²) in [7, 11) is 0. The highest BCUT2D eigenvalue weighted by Crippen LogP contribution is 2.14. The van der Waals surface area contributed by atoms with Crippen LogP contribution in [0.4, 0.5) is 4.39 Å². The number of nitrogens with one attached hydrogen (secondary N) is 1. The summed E-state index contributed by atoms with van der Waals surface area (Å²) in [6.07, 6.45) is 2.34. The summed E-state index contributed by atoms with van der Waals surface area (Å²) in [4.78, 5) is 0. The largest absolute Gasteiger partial charge is 0.329 e. The van der Waals surface area contributed by atoms with Crippen molar-refractivity contribution in [3.63, 3.8) is 0 Å². The van der Waals surface area contributed by atoms with Gasteiger partial charge in [-0.1, -0.05) is 38.8 Å². The van der Waals surface area contributed by atoms with Gasteiger partial charge in [-0.25, -0.2) is 4.39 Å². The van der Waals surface area contributed by atoms with Crippen LogP contribution in [0.2, 0.25) is 0 Å². The summed E-state index contributed by atoms with van der Waals surface area (Å²) in [5, 5.41) is 3.46. The SMILES string of the molecule is CCC(CC)CNC(CN)c1ccc(F)cc1. The van der Waals surface area contributed by atoms with Crippen molar-refractivity contribution in [1.82, 2.24) is 5.32 Å². The van der Waals surface area contributed by atoms with Crippen molar-refractivity contribution in [2.45, 2.75) is 32.7 Å². The number of hydrogen-bond acceptors (Lipinski definition) is 2. The van der Waals surface area contributed by atoms with Crippen LogP contribution >= 0.6 is 0 Å². The zero-order valence-electron chi connectivity index (χ0n) is 10.7. The molecule has 3 heteroatoms. The zero-order chi connectivity index (χ0) is 12.7. The van der Waals surface area contributed by atoms with Crippen molar-refractivity contribution in [2.75, 3.05) is 13.1 Å². The van der Waals surface area contributed by atoms with Crippen LogP contribution in [-0.4, -0.2) is 13.1 Å². The fourth-order valence-electron chi connectivity index (χ4n) is 1.92. The Bertz CT molecular complexity index is 307. The first-order chi connectivity index (χ1) is 8.21. The summed E-state index contributed by atoms with van der Waals surface area (Å²) >= 11 is 0. The molecule has 0 aromatic heterocycles. The minimum atomic E-state index is -0.204. The van der Waals surface area contributed by atoms with Crippen molar-refractivity contribution in [1.29, 1.82) is 0 Å². The van der Waals surface area contributed by atoms with Crippen molar-refractivity contribution in [3.05, 3.63) is 35.6 Å². The Morgan fingerprint density at radius 1 is 1.18 bits per heavy atom. The predicted molar refractivity (Wildman–Crippen MR) is 70.3 cm³/mol. The molecule has 0 aliphatic rings. The van der Waals surface area contributed by atoms with Gasteiger partial charge in [-0.05, 0) is 30.2 Å². The average molecular weight is 238 g/mol. The molecular formula is C14H23FN2. The second-order valence-electron chi connectivity index (χ2n) is 4.43. The minimum Gasteiger partial charge on any atom is -0.329 e. The van der Waals surface area contributed by atoms with Gasteiger partial charge >= 0.3 is 0 Å². The van der Waals surface area contributed by atoms with E-state index >= 15 is 0 Å². The first-order valence-corrected chi connectivity index (χ1v) is 6.40. The lowest BCUT2D eigenvalue weighted by molar-refractivity contribution is 0.414. The molecule has 0 saturated heterocycles. The van der Waals surface area contributed by atoms with Crippen LogP contribution in [-0.2, 0) is 0 Å². The summed E-state index contributed by atoms with van der Waals surface area (Å²) < 4.78 is 12.8. The number of rotatable bonds is 7. The Morgan fingerprint density at radius 2 is 1.76 bits per heavy atom. The monoisotopic (exact) mass is 238 g/mol. The molecule has 0 fully saturated rings. The summed E-state index contributed by atoms with van der Waals surface area (Å²) in [6, 6.07) is 6.68. The number of benzene rings is 1. The number of halogens is 1. The van der Waals surface area contributed by atoms with Crippen LogP contribution in [0.25, 0.3) is 0 Å². The molecule has 1 unspecified atom stereocenters. The van der Waals surface area contributed by atoms with Crippen LogP contribution < -0.4 is 11.1 Å². The summed E-state index contributed by atoms with van der Waals surface area (Å²) in [6.45, 7) is 5.90. The number of hydrogen-bond donors (Lipinski definition) is 2. The van der Waals surface area contributed by atoms with Crippen molar-refractivity contribution in [2.24, 2.45) is 11.7 Å². The van der Waals surface area contributed by atoms with Gasteiger partial charge in [-0.2, -0.15) is 0 Å². The molecule has 0 saturated carbocycles. The molecule has 0 spiro atoms. The molecule has 0 aliphatic heterocycles. The molecule has 1 aromatic carbocycles. The van der Waals surface area contributed by atoms with E-state index in [1.807, 2.05) is 0 Å². The Hall–Kier alpha value is -0.930. The predicted octanol–water partition coefficient (Wildman–Crippen LogP) is 2.85. The molecule has 2 nitrogen and oxygen atoms in total. The van der Waals surface area contributed by atoms with Crippen molar-refractivity contribution in [3.8, 4) is 0 Å². The lowest BCUT2D eigenvalue weighted by Gasteiger charge is -2.21. The first-order valence-electron chi connectivity index (χ1n) is 6.40. The summed E-state index contributed by atoms with van der Waals surface area (Å²) in [5.74, 6) is 0.481. The summed E-state index contributed by atoms with van der Waals surface area (Å²) in [5.41, 5.74) is 6.81. The third kappa shape index (κ3) is 4.44. The van der Waals surface area contributed by atoms with Gasteiger partial charge in [-0.15, -0.1) is 0 Å². The van der Waals surface area contributed by atoms with E-state index in [0.29, 0.717) is 12.5 Å². The molecule has 1 rings (SSSR count). The Kier molecular flexibility index (Phi) is 6.16. The highest BCUT2D eigenvalue weighted by Gasteiger charge is 2.11. The van der Waals surface area contributed by atoms with Gasteiger partial charge < -0.3 is 11.1 Å². The molecule has 0 aliphatic carbocycles. The molecule has 1 atom stereocenters. The van der Waals surface area contributed by atoms with E-state index in [0.717, 1.165) is 12.1 Å². The Morgan fingerprint density at radius 3 is 2.24 bits per heavy atom. The van der Waals surface area contributed by atoms with Crippen molar-refractivity contribution >= 4 is 0 Å². The molecule has 0 radical (unpaired) electrons. The molecule has 3 N–H and O–H groups in total. The van der Waals surface area contributed by atoms with E-state index in [2.05, 4.69) is 19.2 Å². The maximum absolute atomic E-state index is 12.8. The second kappa shape index (κ2) is 7.41. The van der Waals surface area contributed by atoms with Crippen LogP contribution in [0, 0.1) is 11.7 Å². The van der Waals surface area contributed by atoms with Crippen molar-refractivity contribution < 1.29 is 4.39 Å². The van der Waals surface area contributed by atoms with E-state index in [1.165, 1.54) is 25.0 Å². The number of nitrogens with two attached hydrogens (primary N) is 1. The first kappa shape index (κ1) is 14.1. The lowest BCUT2D eigenvalue weighted by atomic mass is 10.0. The highest BCUT2D eigenvalue weighted by molar-refractivity contribution is 5.20. The quantitative estimate of drug-likeness (QED) is 0.766. The minimum absolute atomic E-state index is 0.121. The van der Waals surface area contributed by atoms with E-state index in [4.69, 9.17) is 5.73 Å². The van der Waals surface area contributed by atoms with Crippen LogP contribution in [0.15, 0.2) is 24.3 Å². The highest BCUT2D eigenvalue weighted by atomic mass is 19.1. The maximum atomic E-state index is 12.8. The van der Waals surface area contributed by atoms with Crippen LogP contribution in [0.3, 0.4) is 0 Å². The Balaban J connectivity index is 2.56. The molecule has 1 aromatic rings. The van der Waals surface area contributed by atoms with Gasteiger partial charge in [-0.3, -0.25) is 0 Å². The molecule has 0 bridgehead atoms. The molecule has 96 valence electrons. The van der Waals surface area contributed by atoms with E-state index in [-0.39, 0.29) is 11.9 Å². The normalized spacial score (nSPS) is 13.0. The van der Waals surface area contributed by atoms with Crippen LogP contribution in [0.5, 0.6) is 0 Å². The maximum Gasteiger partial charge on any atom is 0.123 e. The average Bonchev–Trinajstić information content (AvgIpc) is 2.36. The van der Waals surface area contributed by atoms with Gasteiger partial charge in [0.05, 0.1) is 0 Å². The third-order valence-corrected chi connectivity index (χ3v) is 3.32. The van der Waals surface area contributed by atoms with Gasteiger partial charge in [0.15, 0.2) is 0 Å². The van der Waals surface area contributed by atoms with Crippen LogP contribution in [0.1, 0.15) is 38.3 Å². The van der Waals surface area contributed by atoms with Gasteiger partial charge in [0.1, 0.15) is 5.82 Å². The molecule has 0 heterocycles. The Labute approximate surface area is 103 Å². The third-order valence-electron chi connectivity index (χ3n) is 3.32. The second-order valence-corrected chi connectivity index (χ2v) is 4.43. The topological polar surface area (TPSA) is 38.0 Å². The molecule has 17 heavy (non-hydrogen) atoms. The smallest absolute Gasteiger partial charge is 0.123 e. The van der Waals surface area contributed by atoms with E-state index < -0.39 is 0 Å². The zero-order valence-corrected chi connectivity index (χ0v) is 10.7. The fraction of sp³-hybridized carbons (Fsp3) is 0.571. The van der Waals surface area contributed by atoms with Gasteiger partial charge in [0, 0.05) is 12.6 Å². The molecule has 0 amide bonds. The lowest BCUT2D eigenvalue weighted by Crippen LogP contribution is -2.32. The van der Waals surface area contributed by atoms with E-state index in [9.17, 15) is 4.39 Å². The fourth-order valence-corrected chi connectivity index (χ4v) is 1.92.